The van der Waals surface area contributed by atoms with Crippen molar-refractivity contribution in [2.45, 2.75) is 26.7 Å². The molecule has 0 atom stereocenters. The van der Waals surface area contributed by atoms with Crippen LogP contribution in [0.4, 0.5) is 0 Å². The lowest BCUT2D eigenvalue weighted by molar-refractivity contribution is -0.134. The lowest BCUT2D eigenvalue weighted by Gasteiger charge is -2.22. The first-order chi connectivity index (χ1) is 9.01. The Hall–Kier alpha value is -1.24. The van der Waals surface area contributed by atoms with Crippen LogP contribution in [0.15, 0.2) is 0 Å². The third kappa shape index (κ3) is 9.35. The van der Waals surface area contributed by atoms with Gasteiger partial charge in [-0.1, -0.05) is 13.8 Å². The van der Waals surface area contributed by atoms with Gasteiger partial charge in [-0.25, -0.2) is 0 Å². The van der Waals surface area contributed by atoms with Crippen LogP contribution in [-0.4, -0.2) is 58.9 Å². The van der Waals surface area contributed by atoms with Crippen molar-refractivity contribution in [1.29, 1.82) is 0 Å². The van der Waals surface area contributed by atoms with Crippen molar-refractivity contribution < 1.29 is 19.5 Å². The van der Waals surface area contributed by atoms with E-state index in [0.29, 0.717) is 38.2 Å². The van der Waals surface area contributed by atoms with Gasteiger partial charge in [0.05, 0.1) is 5.75 Å². The topological polar surface area (TPSA) is 86.7 Å². The van der Waals surface area contributed by atoms with Gasteiger partial charge < -0.3 is 15.3 Å². The SMILES string of the molecule is CCC(=O)NCCN(CCSCC(=O)O)C(=O)CC. The Kier molecular flexibility index (Phi) is 9.97. The van der Waals surface area contributed by atoms with Gasteiger partial charge >= 0.3 is 5.97 Å². The predicted octanol–water partition coefficient (Wildman–Crippen LogP) is 0.569. The fourth-order valence-electron chi connectivity index (χ4n) is 1.37. The number of nitrogens with one attached hydrogen (secondary N) is 1. The van der Waals surface area contributed by atoms with E-state index in [0.717, 1.165) is 0 Å². The standard InChI is InChI=1S/C12H22N2O4S/c1-3-10(15)13-5-6-14(11(16)4-2)7-8-19-9-12(17)18/h3-9H2,1-2H3,(H,13,15)(H,17,18). The van der Waals surface area contributed by atoms with Gasteiger partial charge in [0, 0.05) is 38.2 Å². The molecule has 2 N–H and O–H groups in total. The maximum absolute atomic E-state index is 11.7. The first-order valence-corrected chi connectivity index (χ1v) is 7.50. The molecule has 0 aliphatic rings. The Morgan fingerprint density at radius 3 is 2.37 bits per heavy atom. The van der Waals surface area contributed by atoms with Gasteiger partial charge in [-0.3, -0.25) is 14.4 Å². The molecule has 0 heterocycles. The molecular formula is C12H22N2O4S. The zero-order valence-electron chi connectivity index (χ0n) is 11.5. The molecule has 0 aromatic rings. The average molecular weight is 290 g/mol. The number of hydrogen-bond donors (Lipinski definition) is 2. The van der Waals surface area contributed by atoms with E-state index in [1.165, 1.54) is 11.8 Å². The summed E-state index contributed by atoms with van der Waals surface area (Å²) in [5.74, 6) is -0.250. The zero-order chi connectivity index (χ0) is 14.7. The number of aliphatic carboxylic acids is 1. The molecule has 0 rings (SSSR count). The molecule has 0 aliphatic heterocycles. The normalized spacial score (nSPS) is 10.0. The van der Waals surface area contributed by atoms with E-state index in [2.05, 4.69) is 5.32 Å². The van der Waals surface area contributed by atoms with Crippen LogP contribution < -0.4 is 5.32 Å². The van der Waals surface area contributed by atoms with E-state index in [-0.39, 0.29) is 17.6 Å². The first-order valence-electron chi connectivity index (χ1n) is 6.35. The molecule has 0 spiro atoms. The molecule has 6 nitrogen and oxygen atoms in total. The smallest absolute Gasteiger partial charge is 0.313 e. The van der Waals surface area contributed by atoms with Gasteiger partial charge in [0.2, 0.25) is 11.8 Å². The van der Waals surface area contributed by atoms with Crippen molar-refractivity contribution in [1.82, 2.24) is 10.2 Å². The fourth-order valence-corrected chi connectivity index (χ4v) is 2.04. The molecule has 2 amide bonds. The van der Waals surface area contributed by atoms with Crippen LogP contribution in [-0.2, 0) is 14.4 Å². The summed E-state index contributed by atoms with van der Waals surface area (Å²) in [6.45, 7) is 4.96. The summed E-state index contributed by atoms with van der Waals surface area (Å²) >= 11 is 1.28. The Morgan fingerprint density at radius 1 is 1.16 bits per heavy atom. The summed E-state index contributed by atoms with van der Waals surface area (Å²) in [6, 6.07) is 0. The minimum Gasteiger partial charge on any atom is -0.481 e. The van der Waals surface area contributed by atoms with Crippen molar-refractivity contribution in [3.05, 3.63) is 0 Å². The number of amides is 2. The first kappa shape index (κ1) is 17.8. The molecule has 0 radical (unpaired) electrons. The van der Waals surface area contributed by atoms with Gasteiger partial charge in [0.25, 0.3) is 0 Å². The molecule has 0 saturated heterocycles. The number of carboxylic acids is 1. The number of rotatable bonds is 10. The Labute approximate surface area is 117 Å². The molecule has 0 aromatic heterocycles. The monoisotopic (exact) mass is 290 g/mol. The maximum atomic E-state index is 11.7. The molecule has 0 unspecified atom stereocenters. The number of carbonyl (C=O) groups excluding carboxylic acids is 2. The summed E-state index contributed by atoms with van der Waals surface area (Å²) in [5, 5.41) is 11.2. The predicted molar refractivity (Wildman–Crippen MR) is 75.1 cm³/mol. The van der Waals surface area contributed by atoms with Crippen molar-refractivity contribution in [2.75, 3.05) is 31.1 Å². The van der Waals surface area contributed by atoms with E-state index < -0.39 is 5.97 Å². The van der Waals surface area contributed by atoms with E-state index in [4.69, 9.17) is 5.11 Å². The number of thioether (sulfide) groups is 1. The molecule has 0 aromatic carbocycles. The van der Waals surface area contributed by atoms with Crippen molar-refractivity contribution in [2.24, 2.45) is 0 Å². The highest BCUT2D eigenvalue weighted by Gasteiger charge is 2.11. The fraction of sp³-hybridized carbons (Fsp3) is 0.750. The Balaban J connectivity index is 3.99. The van der Waals surface area contributed by atoms with Gasteiger partial charge in [-0.15, -0.1) is 11.8 Å². The number of nitrogens with zero attached hydrogens (tertiary/aromatic N) is 1. The van der Waals surface area contributed by atoms with E-state index in [1.807, 2.05) is 0 Å². The third-order valence-corrected chi connectivity index (χ3v) is 3.33. The van der Waals surface area contributed by atoms with Crippen LogP contribution in [0.2, 0.25) is 0 Å². The van der Waals surface area contributed by atoms with Gasteiger partial charge in [-0.2, -0.15) is 0 Å². The second kappa shape index (κ2) is 10.7. The van der Waals surface area contributed by atoms with Crippen LogP contribution in [0.25, 0.3) is 0 Å². The highest BCUT2D eigenvalue weighted by Crippen LogP contribution is 2.02. The second-order valence-corrected chi connectivity index (χ2v) is 4.99. The van der Waals surface area contributed by atoms with Crippen LogP contribution in [0, 0.1) is 0 Å². The van der Waals surface area contributed by atoms with Gasteiger partial charge in [0.1, 0.15) is 0 Å². The van der Waals surface area contributed by atoms with Crippen LogP contribution in [0.3, 0.4) is 0 Å². The van der Waals surface area contributed by atoms with E-state index in [1.54, 1.807) is 18.7 Å². The largest absolute Gasteiger partial charge is 0.481 e. The van der Waals surface area contributed by atoms with Crippen LogP contribution in [0.5, 0.6) is 0 Å². The van der Waals surface area contributed by atoms with Crippen LogP contribution in [0.1, 0.15) is 26.7 Å². The highest BCUT2D eigenvalue weighted by molar-refractivity contribution is 7.99. The number of carboxylic acid groups (broad SMARTS) is 1. The number of carbonyl (C=O) groups is 3. The van der Waals surface area contributed by atoms with Crippen molar-refractivity contribution >= 4 is 29.5 Å². The van der Waals surface area contributed by atoms with Gasteiger partial charge in [-0.05, 0) is 0 Å². The minimum atomic E-state index is -0.853. The Bertz CT molecular complexity index is 310. The highest BCUT2D eigenvalue weighted by atomic mass is 32.2. The molecule has 0 saturated carbocycles. The minimum absolute atomic E-state index is 0.0154. The summed E-state index contributed by atoms with van der Waals surface area (Å²) in [6.07, 6.45) is 0.835. The van der Waals surface area contributed by atoms with Crippen molar-refractivity contribution in [3.8, 4) is 0 Å². The summed E-state index contributed by atoms with van der Waals surface area (Å²) in [5.41, 5.74) is 0. The molecular weight excluding hydrogens is 268 g/mol. The molecule has 110 valence electrons. The number of hydrogen-bond acceptors (Lipinski definition) is 4. The lowest BCUT2D eigenvalue weighted by Crippen LogP contribution is -2.39. The lowest BCUT2D eigenvalue weighted by atomic mass is 10.3. The molecule has 0 bridgehead atoms. The Morgan fingerprint density at radius 2 is 1.84 bits per heavy atom. The van der Waals surface area contributed by atoms with E-state index >= 15 is 0 Å². The maximum Gasteiger partial charge on any atom is 0.313 e. The van der Waals surface area contributed by atoms with Crippen LogP contribution >= 0.6 is 11.8 Å². The zero-order valence-corrected chi connectivity index (χ0v) is 12.3. The molecule has 0 aliphatic carbocycles. The summed E-state index contributed by atoms with van der Waals surface area (Å²) in [4.78, 5) is 34.8. The van der Waals surface area contributed by atoms with Crippen molar-refractivity contribution in [3.63, 3.8) is 0 Å². The summed E-state index contributed by atoms with van der Waals surface area (Å²) < 4.78 is 0. The third-order valence-electron chi connectivity index (χ3n) is 2.41. The molecule has 19 heavy (non-hydrogen) atoms. The quantitative estimate of drug-likeness (QED) is 0.574. The average Bonchev–Trinajstić information content (AvgIpc) is 2.39. The van der Waals surface area contributed by atoms with Gasteiger partial charge in [0.15, 0.2) is 0 Å². The molecule has 0 fully saturated rings. The summed E-state index contributed by atoms with van der Waals surface area (Å²) in [7, 11) is 0. The molecule has 7 heteroatoms. The van der Waals surface area contributed by atoms with E-state index in [9.17, 15) is 14.4 Å². The second-order valence-electron chi connectivity index (χ2n) is 3.88.